The fourth-order valence-corrected chi connectivity index (χ4v) is 4.12. The van der Waals surface area contributed by atoms with Gasteiger partial charge in [-0.05, 0) is 35.4 Å². The van der Waals surface area contributed by atoms with Crippen LogP contribution < -0.4 is 9.47 Å². The Morgan fingerprint density at radius 3 is 1.55 bits per heavy atom. The fraction of sp³-hybridized carbons (Fsp3) is 0.417. The molecule has 0 spiro atoms. The zero-order chi connectivity index (χ0) is 24.1. The molecule has 1 fully saturated rings. The van der Waals surface area contributed by atoms with Crippen molar-refractivity contribution in [3.63, 3.8) is 0 Å². The highest BCUT2D eigenvalue weighted by Crippen LogP contribution is 2.45. The normalized spacial score (nSPS) is 19.4. The van der Waals surface area contributed by atoms with Gasteiger partial charge in [-0.3, -0.25) is 9.59 Å². The molecule has 3 rings (SSSR count). The van der Waals surface area contributed by atoms with Crippen LogP contribution in [0.2, 0.25) is 0 Å². The van der Waals surface area contributed by atoms with Crippen molar-refractivity contribution in [3.8, 4) is 23.0 Å². The number of hydrogen-bond acceptors (Lipinski definition) is 9. The zero-order valence-electron chi connectivity index (χ0n) is 18.9. The molecule has 1 heterocycles. The van der Waals surface area contributed by atoms with Crippen molar-refractivity contribution in [1.82, 2.24) is 0 Å². The Morgan fingerprint density at radius 1 is 0.818 bits per heavy atom. The van der Waals surface area contributed by atoms with Gasteiger partial charge >= 0.3 is 11.9 Å². The van der Waals surface area contributed by atoms with Crippen LogP contribution in [0.3, 0.4) is 0 Å². The molecule has 2 N–H and O–H groups in total. The topological polar surface area (TPSA) is 121 Å². The summed E-state index contributed by atoms with van der Waals surface area (Å²) >= 11 is 0. The highest BCUT2D eigenvalue weighted by atomic mass is 16.6. The minimum atomic E-state index is -0.749. The summed E-state index contributed by atoms with van der Waals surface area (Å²) in [5.41, 5.74) is 1.20. The summed E-state index contributed by atoms with van der Waals surface area (Å²) < 4.78 is 27.5. The molecule has 0 bridgehead atoms. The average molecular weight is 460 g/mol. The van der Waals surface area contributed by atoms with E-state index in [2.05, 4.69) is 0 Å². The second kappa shape index (κ2) is 10.4. The summed E-state index contributed by atoms with van der Waals surface area (Å²) in [5, 5.41) is 20.0. The van der Waals surface area contributed by atoms with Crippen LogP contribution in [0.1, 0.15) is 37.2 Å². The minimum absolute atomic E-state index is 0.0453. The quantitative estimate of drug-likeness (QED) is 0.572. The first-order valence-electron chi connectivity index (χ1n) is 10.4. The van der Waals surface area contributed by atoms with E-state index in [-0.39, 0.29) is 48.0 Å². The van der Waals surface area contributed by atoms with Crippen LogP contribution in [-0.4, -0.2) is 49.6 Å². The van der Waals surface area contributed by atoms with Gasteiger partial charge in [0.2, 0.25) is 0 Å². The molecule has 0 amide bonds. The Morgan fingerprint density at radius 2 is 1.21 bits per heavy atom. The molecule has 0 aliphatic carbocycles. The van der Waals surface area contributed by atoms with Gasteiger partial charge in [-0.15, -0.1) is 0 Å². The van der Waals surface area contributed by atoms with E-state index < -0.39 is 24.1 Å². The van der Waals surface area contributed by atoms with E-state index in [1.807, 2.05) is 0 Å². The Kier molecular flexibility index (Phi) is 7.65. The van der Waals surface area contributed by atoms with E-state index in [0.717, 1.165) is 0 Å². The monoisotopic (exact) mass is 460 g/mol. The molecule has 1 saturated heterocycles. The molecule has 4 atom stereocenters. The van der Waals surface area contributed by atoms with Crippen LogP contribution in [0.25, 0.3) is 0 Å². The smallest absolute Gasteiger partial charge is 0.303 e. The van der Waals surface area contributed by atoms with E-state index in [4.69, 9.17) is 23.7 Å². The maximum atomic E-state index is 12.0. The maximum Gasteiger partial charge on any atom is 0.303 e. The Bertz CT molecular complexity index is 924. The molecule has 0 radical (unpaired) electrons. The SMILES string of the molecule is COc1cc(C(OC(C)=O)C2COCC2C(OC(C)=O)c2ccc(O)c(OC)c2)ccc1O. The van der Waals surface area contributed by atoms with E-state index in [1.165, 1.54) is 40.2 Å². The molecular weight excluding hydrogens is 432 g/mol. The highest BCUT2D eigenvalue weighted by Gasteiger charge is 2.44. The predicted octanol–water partition coefficient (Wildman–Crippen LogP) is 3.29. The number of rotatable bonds is 8. The number of benzene rings is 2. The third-order valence-corrected chi connectivity index (χ3v) is 5.60. The van der Waals surface area contributed by atoms with Gasteiger partial charge < -0.3 is 33.9 Å². The number of methoxy groups -OCH3 is 2. The van der Waals surface area contributed by atoms with Gasteiger partial charge in [0.05, 0.1) is 27.4 Å². The van der Waals surface area contributed by atoms with Gasteiger partial charge in [-0.1, -0.05) is 12.1 Å². The molecule has 1 aliphatic rings. The van der Waals surface area contributed by atoms with E-state index in [9.17, 15) is 19.8 Å². The van der Waals surface area contributed by atoms with Gasteiger partial charge in [-0.2, -0.15) is 0 Å². The molecule has 9 nitrogen and oxygen atoms in total. The molecule has 9 heteroatoms. The van der Waals surface area contributed by atoms with Crippen LogP contribution in [0.5, 0.6) is 23.0 Å². The lowest BCUT2D eigenvalue weighted by molar-refractivity contribution is -0.157. The number of carbonyl (C=O) groups excluding carboxylic acids is 2. The van der Waals surface area contributed by atoms with Crippen LogP contribution >= 0.6 is 0 Å². The van der Waals surface area contributed by atoms with Gasteiger partial charge in [0.25, 0.3) is 0 Å². The van der Waals surface area contributed by atoms with E-state index in [1.54, 1.807) is 24.3 Å². The number of phenols is 2. The molecular formula is C24H28O9. The summed E-state index contributed by atoms with van der Waals surface area (Å²) in [6, 6.07) is 9.41. The van der Waals surface area contributed by atoms with Crippen molar-refractivity contribution in [3.05, 3.63) is 47.5 Å². The van der Waals surface area contributed by atoms with Gasteiger partial charge in [-0.25, -0.2) is 0 Å². The van der Waals surface area contributed by atoms with E-state index >= 15 is 0 Å². The summed E-state index contributed by atoms with van der Waals surface area (Å²) in [6.45, 7) is 3.12. The summed E-state index contributed by atoms with van der Waals surface area (Å²) in [7, 11) is 2.85. The lowest BCUT2D eigenvalue weighted by atomic mass is 9.81. The first-order valence-corrected chi connectivity index (χ1v) is 10.4. The van der Waals surface area contributed by atoms with Gasteiger partial charge in [0.1, 0.15) is 12.2 Å². The largest absolute Gasteiger partial charge is 0.504 e. The molecule has 178 valence electrons. The fourth-order valence-electron chi connectivity index (χ4n) is 4.12. The van der Waals surface area contributed by atoms with Gasteiger partial charge in [0, 0.05) is 25.7 Å². The molecule has 2 aromatic carbocycles. The van der Waals surface area contributed by atoms with Crippen molar-refractivity contribution < 1.29 is 43.5 Å². The van der Waals surface area contributed by atoms with Crippen molar-refractivity contribution in [1.29, 1.82) is 0 Å². The highest BCUT2D eigenvalue weighted by molar-refractivity contribution is 5.67. The number of carbonyl (C=O) groups is 2. The number of aromatic hydroxyl groups is 2. The van der Waals surface area contributed by atoms with Crippen molar-refractivity contribution in [2.24, 2.45) is 11.8 Å². The van der Waals surface area contributed by atoms with Crippen LogP contribution in [-0.2, 0) is 23.8 Å². The Hall–Kier alpha value is -3.46. The Balaban J connectivity index is 2.03. The average Bonchev–Trinajstić information content (AvgIpc) is 3.26. The number of esters is 2. The number of ether oxygens (including phenoxy) is 5. The maximum absolute atomic E-state index is 12.0. The van der Waals surface area contributed by atoms with Crippen LogP contribution in [0, 0.1) is 11.8 Å². The summed E-state index contributed by atoms with van der Waals surface area (Å²) in [4.78, 5) is 24.0. The van der Waals surface area contributed by atoms with Crippen molar-refractivity contribution >= 4 is 11.9 Å². The predicted molar refractivity (Wildman–Crippen MR) is 116 cm³/mol. The lowest BCUT2D eigenvalue weighted by Crippen LogP contribution is -2.30. The minimum Gasteiger partial charge on any atom is -0.504 e. The van der Waals surface area contributed by atoms with E-state index in [0.29, 0.717) is 11.1 Å². The first kappa shape index (κ1) is 24.2. The van der Waals surface area contributed by atoms with Crippen molar-refractivity contribution in [2.75, 3.05) is 27.4 Å². The summed E-state index contributed by atoms with van der Waals surface area (Å²) in [6.07, 6.45) is -1.50. The second-order valence-electron chi connectivity index (χ2n) is 7.79. The molecule has 2 aromatic rings. The van der Waals surface area contributed by atoms with Crippen molar-refractivity contribution in [2.45, 2.75) is 26.1 Å². The van der Waals surface area contributed by atoms with Crippen LogP contribution in [0.4, 0.5) is 0 Å². The molecule has 33 heavy (non-hydrogen) atoms. The number of phenolic OH excluding ortho intramolecular Hbond substituents is 2. The lowest BCUT2D eigenvalue weighted by Gasteiger charge is -2.32. The molecule has 4 unspecified atom stereocenters. The third-order valence-electron chi connectivity index (χ3n) is 5.60. The molecule has 0 saturated carbocycles. The Labute approximate surface area is 191 Å². The molecule has 0 aromatic heterocycles. The zero-order valence-corrected chi connectivity index (χ0v) is 18.9. The van der Waals surface area contributed by atoms with Crippen LogP contribution in [0.15, 0.2) is 36.4 Å². The van der Waals surface area contributed by atoms with Gasteiger partial charge in [0.15, 0.2) is 23.0 Å². The first-order chi connectivity index (χ1) is 15.7. The standard InChI is InChI=1S/C24H28O9/c1-13(25)32-23(15-5-7-19(27)21(9-15)29-3)17-11-31-12-18(17)24(33-14(2)26)16-6-8-20(28)22(10-16)30-4/h5-10,17-18,23-24,27-28H,11-12H2,1-4H3. The molecule has 1 aliphatic heterocycles. The second-order valence-corrected chi connectivity index (χ2v) is 7.79. The third kappa shape index (κ3) is 5.48. The number of hydrogen-bond donors (Lipinski definition) is 2. The summed E-state index contributed by atoms with van der Waals surface area (Å²) in [5.74, 6) is -1.37.